The number of hydrogen-bond acceptors (Lipinski definition) is 5. The minimum atomic E-state index is -1.17. The summed E-state index contributed by atoms with van der Waals surface area (Å²) in [6, 6.07) is 7.09. The number of Topliss-reactive ketones (excluding diaryl/α,β-unsaturated/α-hetero) is 1. The Morgan fingerprint density at radius 3 is 2.25 bits per heavy atom. The summed E-state index contributed by atoms with van der Waals surface area (Å²) in [6.45, 7) is 19.5. The molecule has 0 saturated heterocycles. The molecule has 5 aliphatic carbocycles. The number of halogens is 1. The first kappa shape index (κ1) is 38.8. The standard InChI is InChI=1S/C44H60ClNO6/c1-26(2)36-30(47)24-44(21-18-34(48)46-28-12-10-27(45)11-13-28)23-22-42(8)29(37(36)44)14-15-32-41(7)19-17-33(52-35(49)25-39(3,4)38(50)51)40(5,6)31(41)16-20-43(32,42)9/h10-13,18,21,26,29,31-33H,14-17,19-20,22-25H2,1-9H3,(H,46,48)(H,50,51)/b21-18+/t29-,31+,32-,33+,41+,42-,43-,44+/m1/s1. The van der Waals surface area contributed by atoms with E-state index >= 15 is 0 Å². The number of carboxylic acids is 1. The van der Waals surface area contributed by atoms with Gasteiger partial charge in [-0.3, -0.25) is 19.2 Å². The molecule has 1 amide bonds. The maximum atomic E-state index is 14.0. The lowest BCUT2D eigenvalue weighted by atomic mass is 9.33. The molecule has 4 saturated carbocycles. The molecular weight excluding hydrogens is 674 g/mol. The van der Waals surface area contributed by atoms with E-state index in [4.69, 9.17) is 16.3 Å². The number of benzene rings is 1. The minimum absolute atomic E-state index is 0.0111. The van der Waals surface area contributed by atoms with Crippen LogP contribution in [0.3, 0.4) is 0 Å². The Balaban J connectivity index is 1.28. The zero-order valence-electron chi connectivity index (χ0n) is 32.8. The van der Waals surface area contributed by atoms with Gasteiger partial charge < -0.3 is 15.2 Å². The van der Waals surface area contributed by atoms with Gasteiger partial charge in [-0.2, -0.15) is 0 Å². The largest absolute Gasteiger partial charge is 0.481 e. The maximum Gasteiger partial charge on any atom is 0.309 e. The number of hydrogen-bond donors (Lipinski definition) is 2. The third-order valence-electron chi connectivity index (χ3n) is 15.5. The number of carboxylic acid groups (broad SMARTS) is 1. The first-order valence-electron chi connectivity index (χ1n) is 19.6. The zero-order chi connectivity index (χ0) is 38.2. The smallest absolute Gasteiger partial charge is 0.309 e. The van der Waals surface area contributed by atoms with Crippen molar-refractivity contribution in [3.63, 3.8) is 0 Å². The number of allylic oxidation sites excluding steroid dienone is 3. The number of esters is 1. The van der Waals surface area contributed by atoms with Crippen LogP contribution in [0.4, 0.5) is 5.69 Å². The summed E-state index contributed by atoms with van der Waals surface area (Å²) in [4.78, 5) is 52.0. The fourth-order valence-electron chi connectivity index (χ4n) is 12.6. The predicted octanol–water partition coefficient (Wildman–Crippen LogP) is 10.2. The molecule has 0 bridgehead atoms. The fraction of sp³-hybridized carbons (Fsp3) is 0.682. The van der Waals surface area contributed by atoms with Gasteiger partial charge in [0.05, 0.1) is 11.8 Å². The SMILES string of the molecule is CC(C)C1=C2[C@H]3CC[C@@H]4[C@@]5(C)CC[C@H](OC(=O)CC(C)(C)C(=O)O)C(C)(C)[C@@H]5CC[C@@]4(C)[C@]3(C)CC[C@@]2(/C=C/C(=O)Nc2ccc(Cl)cc2)CC1=O. The van der Waals surface area contributed by atoms with Crippen molar-refractivity contribution in [2.45, 2.75) is 133 Å². The normalized spacial score (nSPS) is 36.9. The zero-order valence-corrected chi connectivity index (χ0v) is 33.5. The summed E-state index contributed by atoms with van der Waals surface area (Å²) in [7, 11) is 0. The molecule has 4 fully saturated rings. The Hall–Kier alpha value is -2.93. The van der Waals surface area contributed by atoms with Crippen LogP contribution >= 0.6 is 11.6 Å². The van der Waals surface area contributed by atoms with Gasteiger partial charge in [-0.15, -0.1) is 0 Å². The molecule has 0 radical (unpaired) electrons. The number of fused-ring (bicyclic) bond motifs is 7. The summed E-state index contributed by atoms with van der Waals surface area (Å²) >= 11 is 6.05. The number of amides is 1. The second-order valence-corrected chi connectivity index (χ2v) is 19.8. The molecule has 2 N–H and O–H groups in total. The van der Waals surface area contributed by atoms with Crippen molar-refractivity contribution in [1.82, 2.24) is 0 Å². The third-order valence-corrected chi connectivity index (χ3v) is 15.8. The van der Waals surface area contributed by atoms with Crippen LogP contribution in [-0.2, 0) is 23.9 Å². The first-order valence-corrected chi connectivity index (χ1v) is 20.0. The second-order valence-electron chi connectivity index (χ2n) is 19.4. The van der Waals surface area contributed by atoms with Crippen LogP contribution < -0.4 is 5.32 Å². The molecule has 5 aliphatic rings. The van der Waals surface area contributed by atoms with Crippen LogP contribution in [0.1, 0.15) is 127 Å². The van der Waals surface area contributed by atoms with Crippen molar-refractivity contribution in [3.8, 4) is 0 Å². The van der Waals surface area contributed by atoms with Crippen molar-refractivity contribution in [2.75, 3.05) is 5.32 Å². The number of nitrogens with one attached hydrogen (secondary N) is 1. The highest BCUT2D eigenvalue weighted by molar-refractivity contribution is 6.30. The number of carbonyl (C=O) groups is 4. The Labute approximate surface area is 315 Å². The van der Waals surface area contributed by atoms with Gasteiger partial charge in [-0.05, 0) is 141 Å². The average Bonchev–Trinajstić information content (AvgIpc) is 3.35. The van der Waals surface area contributed by atoms with Gasteiger partial charge in [0.2, 0.25) is 5.91 Å². The topological polar surface area (TPSA) is 110 Å². The van der Waals surface area contributed by atoms with Crippen molar-refractivity contribution in [2.24, 2.45) is 56.2 Å². The summed E-state index contributed by atoms with van der Waals surface area (Å²) < 4.78 is 6.15. The van der Waals surface area contributed by atoms with Crippen molar-refractivity contribution >= 4 is 40.9 Å². The Morgan fingerprint density at radius 1 is 0.942 bits per heavy atom. The van der Waals surface area contributed by atoms with Crippen molar-refractivity contribution in [3.05, 3.63) is 52.6 Å². The lowest BCUT2D eigenvalue weighted by Gasteiger charge is -2.72. The lowest BCUT2D eigenvalue weighted by Crippen LogP contribution is -2.65. The summed E-state index contributed by atoms with van der Waals surface area (Å²) in [5.41, 5.74) is 1.22. The van der Waals surface area contributed by atoms with E-state index in [1.54, 1.807) is 44.2 Å². The van der Waals surface area contributed by atoms with Crippen LogP contribution in [0.5, 0.6) is 0 Å². The number of anilines is 1. The molecule has 6 rings (SSSR count). The summed E-state index contributed by atoms with van der Waals surface area (Å²) in [5.74, 6) is -0.168. The van der Waals surface area contributed by atoms with E-state index in [0.717, 1.165) is 56.9 Å². The molecule has 8 heteroatoms. The van der Waals surface area contributed by atoms with Gasteiger partial charge in [-0.1, -0.05) is 66.1 Å². The van der Waals surface area contributed by atoms with E-state index in [9.17, 15) is 24.3 Å². The van der Waals surface area contributed by atoms with Crippen molar-refractivity contribution in [1.29, 1.82) is 0 Å². The van der Waals surface area contributed by atoms with Gasteiger partial charge in [0.1, 0.15) is 6.10 Å². The monoisotopic (exact) mass is 733 g/mol. The minimum Gasteiger partial charge on any atom is -0.481 e. The second kappa shape index (κ2) is 13.1. The number of ketones is 1. The van der Waals surface area contributed by atoms with E-state index in [-0.39, 0.29) is 57.7 Å². The predicted molar refractivity (Wildman–Crippen MR) is 205 cm³/mol. The lowest BCUT2D eigenvalue weighted by molar-refractivity contribution is -0.232. The molecule has 7 nitrogen and oxygen atoms in total. The van der Waals surface area contributed by atoms with Crippen LogP contribution in [0.15, 0.2) is 47.6 Å². The maximum absolute atomic E-state index is 14.0. The number of rotatable bonds is 8. The molecule has 1 aromatic carbocycles. The molecule has 1 aromatic rings. The van der Waals surface area contributed by atoms with E-state index in [0.29, 0.717) is 29.0 Å². The Bertz CT molecular complexity index is 1710. The van der Waals surface area contributed by atoms with Crippen molar-refractivity contribution < 1.29 is 29.0 Å². The molecule has 0 spiro atoms. The quantitative estimate of drug-likeness (QED) is 0.203. The Morgan fingerprint density at radius 2 is 1.62 bits per heavy atom. The molecular formula is C44H60ClNO6. The molecule has 0 aliphatic heterocycles. The highest BCUT2D eigenvalue weighted by Crippen LogP contribution is 2.77. The Kier molecular flexibility index (Phi) is 9.79. The molecule has 284 valence electrons. The first-order chi connectivity index (χ1) is 24.1. The number of carbonyl (C=O) groups excluding carboxylic acids is 3. The van der Waals surface area contributed by atoms with Crippen LogP contribution in [0.2, 0.25) is 5.02 Å². The molecule has 0 aromatic heterocycles. The summed E-state index contributed by atoms with van der Waals surface area (Å²) in [5, 5.41) is 13.2. The van der Waals surface area contributed by atoms with Gasteiger partial charge in [0.25, 0.3) is 0 Å². The van der Waals surface area contributed by atoms with Crippen LogP contribution in [0.25, 0.3) is 0 Å². The fourth-order valence-corrected chi connectivity index (χ4v) is 12.8. The molecule has 52 heavy (non-hydrogen) atoms. The average molecular weight is 734 g/mol. The van der Waals surface area contributed by atoms with Gasteiger partial charge >= 0.3 is 11.9 Å². The van der Waals surface area contributed by atoms with Gasteiger partial charge in [0.15, 0.2) is 5.78 Å². The number of aliphatic carboxylic acids is 1. The van der Waals surface area contributed by atoms with Crippen LogP contribution in [-0.4, -0.2) is 34.8 Å². The summed E-state index contributed by atoms with van der Waals surface area (Å²) in [6.07, 6.45) is 11.6. The van der Waals surface area contributed by atoms with Gasteiger partial charge in [0, 0.05) is 34.0 Å². The third kappa shape index (κ3) is 6.09. The van der Waals surface area contributed by atoms with E-state index in [1.165, 1.54) is 5.57 Å². The molecule has 0 heterocycles. The van der Waals surface area contributed by atoms with Crippen LogP contribution in [0, 0.1) is 56.2 Å². The van der Waals surface area contributed by atoms with E-state index in [1.807, 2.05) is 0 Å². The van der Waals surface area contributed by atoms with Gasteiger partial charge in [-0.25, -0.2) is 0 Å². The highest BCUT2D eigenvalue weighted by atomic mass is 35.5. The molecule has 0 unspecified atom stereocenters. The number of ether oxygens (including phenoxy) is 1. The molecule has 8 atom stereocenters. The highest BCUT2D eigenvalue weighted by Gasteiger charge is 2.70. The van der Waals surface area contributed by atoms with E-state index in [2.05, 4.69) is 59.9 Å². The van der Waals surface area contributed by atoms with E-state index < -0.39 is 22.8 Å².